The van der Waals surface area contributed by atoms with Crippen molar-refractivity contribution in [1.29, 1.82) is 0 Å². The Bertz CT molecular complexity index is 810. The minimum Gasteiger partial charge on any atom is -0.408 e. The number of fused-ring (bicyclic) bond motifs is 1. The van der Waals surface area contributed by atoms with E-state index in [0.717, 1.165) is 38.8 Å². The maximum Gasteiger partial charge on any atom is 0.419 e. The molecule has 0 amide bonds. The highest BCUT2D eigenvalue weighted by atomic mass is 16.6. The van der Waals surface area contributed by atoms with Crippen LogP contribution in [0, 0.1) is 10.1 Å². The van der Waals surface area contributed by atoms with Crippen LogP contribution in [0.25, 0.3) is 11.1 Å². The lowest BCUT2D eigenvalue weighted by molar-refractivity contribution is -0.384. The maximum atomic E-state index is 12.0. The summed E-state index contributed by atoms with van der Waals surface area (Å²) in [6.45, 7) is 4.08. The molecule has 2 heterocycles. The summed E-state index contributed by atoms with van der Waals surface area (Å²) >= 11 is 0. The number of nitro groups is 1. The molecule has 1 saturated heterocycles. The van der Waals surface area contributed by atoms with Gasteiger partial charge < -0.3 is 14.4 Å². The van der Waals surface area contributed by atoms with Gasteiger partial charge in [-0.25, -0.2) is 4.79 Å². The average molecular weight is 349 g/mol. The first-order valence-electron chi connectivity index (χ1n) is 8.65. The van der Waals surface area contributed by atoms with Crippen molar-refractivity contribution in [1.82, 2.24) is 9.47 Å². The zero-order valence-electron chi connectivity index (χ0n) is 14.3. The van der Waals surface area contributed by atoms with E-state index in [9.17, 15) is 20.0 Å². The zero-order valence-corrected chi connectivity index (χ0v) is 14.3. The number of aliphatic hydroxyl groups excluding tert-OH is 1. The third-order valence-electron chi connectivity index (χ3n) is 4.80. The predicted molar refractivity (Wildman–Crippen MR) is 92.6 cm³/mol. The van der Waals surface area contributed by atoms with Crippen molar-refractivity contribution >= 4 is 16.8 Å². The molecule has 1 aliphatic heterocycles. The van der Waals surface area contributed by atoms with Gasteiger partial charge in [0.15, 0.2) is 5.58 Å². The molecular formula is C17H23N3O5. The standard InChI is InChI=1S/C17H23N3O5/c1-12(21)10-13-4-2-7-18(13)8-3-9-19-15-11-14(20(23)24)5-6-16(15)25-17(19)22/h5-6,11-13,21H,2-4,7-10H2,1H3. The predicted octanol–water partition coefficient (Wildman–Crippen LogP) is 2.13. The van der Waals surface area contributed by atoms with Gasteiger partial charge in [0.1, 0.15) is 0 Å². The van der Waals surface area contributed by atoms with Crippen molar-refractivity contribution in [3.63, 3.8) is 0 Å². The Hall–Kier alpha value is -2.19. The highest BCUT2D eigenvalue weighted by molar-refractivity contribution is 5.75. The largest absolute Gasteiger partial charge is 0.419 e. The molecule has 25 heavy (non-hydrogen) atoms. The van der Waals surface area contributed by atoms with E-state index in [4.69, 9.17) is 4.42 Å². The lowest BCUT2D eigenvalue weighted by atomic mass is 10.1. The summed E-state index contributed by atoms with van der Waals surface area (Å²) in [6.07, 6.45) is 3.41. The molecule has 1 aliphatic rings. The molecule has 3 rings (SSSR count). The molecule has 2 unspecified atom stereocenters. The van der Waals surface area contributed by atoms with Crippen molar-refractivity contribution in [2.45, 2.75) is 51.3 Å². The second kappa shape index (κ2) is 7.37. The number of nitro benzene ring substituents is 1. The van der Waals surface area contributed by atoms with E-state index in [-0.39, 0.29) is 11.8 Å². The van der Waals surface area contributed by atoms with Crippen LogP contribution in [0.4, 0.5) is 5.69 Å². The molecule has 8 heteroatoms. The highest BCUT2D eigenvalue weighted by Crippen LogP contribution is 2.23. The number of hydrogen-bond donors (Lipinski definition) is 1. The normalized spacial score (nSPS) is 19.5. The van der Waals surface area contributed by atoms with Crippen molar-refractivity contribution in [3.05, 3.63) is 38.9 Å². The van der Waals surface area contributed by atoms with Crippen LogP contribution in [0.3, 0.4) is 0 Å². The molecule has 1 aromatic carbocycles. The minimum atomic E-state index is -0.488. The molecule has 0 saturated carbocycles. The minimum absolute atomic E-state index is 0.0569. The van der Waals surface area contributed by atoms with E-state index >= 15 is 0 Å². The van der Waals surface area contributed by atoms with Crippen molar-refractivity contribution in [2.75, 3.05) is 13.1 Å². The summed E-state index contributed by atoms with van der Waals surface area (Å²) in [6, 6.07) is 4.57. The first-order valence-corrected chi connectivity index (χ1v) is 8.65. The molecule has 0 bridgehead atoms. The molecular weight excluding hydrogens is 326 g/mol. The summed E-state index contributed by atoms with van der Waals surface area (Å²) in [5.74, 6) is -0.488. The van der Waals surface area contributed by atoms with Crippen LogP contribution < -0.4 is 5.76 Å². The van der Waals surface area contributed by atoms with Gasteiger partial charge in [0.25, 0.3) is 5.69 Å². The number of nitrogens with zero attached hydrogens (tertiary/aromatic N) is 3. The number of aromatic nitrogens is 1. The van der Waals surface area contributed by atoms with E-state index < -0.39 is 10.7 Å². The summed E-state index contributed by atoms with van der Waals surface area (Å²) in [7, 11) is 0. The van der Waals surface area contributed by atoms with Gasteiger partial charge in [-0.3, -0.25) is 14.7 Å². The number of aryl methyl sites for hydroxylation is 1. The van der Waals surface area contributed by atoms with Crippen LogP contribution in [-0.2, 0) is 6.54 Å². The Balaban J connectivity index is 1.69. The Labute approximate surface area is 144 Å². The summed E-state index contributed by atoms with van der Waals surface area (Å²) in [5, 5.41) is 20.5. The average Bonchev–Trinajstić information content (AvgIpc) is 3.10. The van der Waals surface area contributed by atoms with Crippen LogP contribution in [0.5, 0.6) is 0 Å². The van der Waals surface area contributed by atoms with Gasteiger partial charge in [-0.1, -0.05) is 0 Å². The summed E-state index contributed by atoms with van der Waals surface area (Å²) < 4.78 is 6.63. The van der Waals surface area contributed by atoms with Crippen LogP contribution in [-0.4, -0.2) is 44.7 Å². The molecule has 2 aromatic rings. The van der Waals surface area contributed by atoms with Gasteiger partial charge in [-0.05, 0) is 45.2 Å². The third kappa shape index (κ3) is 3.91. The maximum absolute atomic E-state index is 12.0. The fourth-order valence-electron chi connectivity index (χ4n) is 3.66. The summed E-state index contributed by atoms with van der Waals surface area (Å²) in [5.41, 5.74) is 0.767. The van der Waals surface area contributed by atoms with Crippen molar-refractivity contribution < 1.29 is 14.4 Å². The van der Waals surface area contributed by atoms with E-state index in [1.807, 2.05) is 0 Å². The molecule has 1 N–H and O–H groups in total. The Morgan fingerprint density at radius 2 is 2.24 bits per heavy atom. The topological polar surface area (TPSA) is 102 Å². The van der Waals surface area contributed by atoms with Crippen molar-refractivity contribution in [3.8, 4) is 0 Å². The van der Waals surface area contributed by atoms with Gasteiger partial charge in [0.2, 0.25) is 0 Å². The van der Waals surface area contributed by atoms with Crippen LogP contribution in [0.1, 0.15) is 32.6 Å². The SMILES string of the molecule is CC(O)CC1CCCN1CCCn1c(=O)oc2ccc([N+](=O)[O-])cc21. The second-order valence-corrected chi connectivity index (χ2v) is 6.70. The molecule has 1 aromatic heterocycles. The van der Waals surface area contributed by atoms with E-state index in [2.05, 4.69) is 4.90 Å². The number of likely N-dealkylation sites (tertiary alicyclic amines) is 1. The number of hydrogen-bond acceptors (Lipinski definition) is 6. The highest BCUT2D eigenvalue weighted by Gasteiger charge is 2.25. The van der Waals surface area contributed by atoms with Gasteiger partial charge >= 0.3 is 5.76 Å². The lowest BCUT2D eigenvalue weighted by Gasteiger charge is -2.25. The number of oxazole rings is 1. The fourth-order valence-corrected chi connectivity index (χ4v) is 3.66. The zero-order chi connectivity index (χ0) is 18.0. The molecule has 8 nitrogen and oxygen atoms in total. The van der Waals surface area contributed by atoms with E-state index in [0.29, 0.717) is 23.7 Å². The number of aliphatic hydroxyl groups is 1. The van der Waals surface area contributed by atoms with Gasteiger partial charge in [0, 0.05) is 31.3 Å². The fraction of sp³-hybridized carbons (Fsp3) is 0.588. The molecule has 0 aliphatic carbocycles. The van der Waals surface area contributed by atoms with E-state index in [1.54, 1.807) is 6.92 Å². The Kier molecular flexibility index (Phi) is 5.19. The summed E-state index contributed by atoms with van der Waals surface area (Å²) in [4.78, 5) is 24.8. The first-order chi connectivity index (χ1) is 12.0. The number of non-ortho nitro benzene ring substituents is 1. The second-order valence-electron chi connectivity index (χ2n) is 6.70. The van der Waals surface area contributed by atoms with Crippen molar-refractivity contribution in [2.24, 2.45) is 0 Å². The Morgan fingerprint density at radius 3 is 2.96 bits per heavy atom. The number of rotatable bonds is 7. The van der Waals surface area contributed by atoms with Gasteiger partial charge in [-0.2, -0.15) is 0 Å². The molecule has 136 valence electrons. The third-order valence-corrected chi connectivity index (χ3v) is 4.80. The molecule has 0 spiro atoms. The van der Waals surface area contributed by atoms with Crippen LogP contribution in [0.15, 0.2) is 27.4 Å². The monoisotopic (exact) mass is 349 g/mol. The van der Waals surface area contributed by atoms with Crippen LogP contribution >= 0.6 is 0 Å². The molecule has 1 fully saturated rings. The van der Waals surface area contributed by atoms with Crippen LogP contribution in [0.2, 0.25) is 0 Å². The van der Waals surface area contributed by atoms with E-state index in [1.165, 1.54) is 22.8 Å². The molecule has 2 atom stereocenters. The quantitative estimate of drug-likeness (QED) is 0.607. The molecule has 0 radical (unpaired) electrons. The first kappa shape index (κ1) is 17.6. The lowest BCUT2D eigenvalue weighted by Crippen LogP contribution is -2.33. The smallest absolute Gasteiger partial charge is 0.408 e. The van der Waals surface area contributed by atoms with Gasteiger partial charge in [0.05, 0.1) is 16.5 Å². The van der Waals surface area contributed by atoms with Gasteiger partial charge in [-0.15, -0.1) is 0 Å². The Morgan fingerprint density at radius 1 is 1.44 bits per heavy atom. The number of benzene rings is 1.